The van der Waals surface area contributed by atoms with E-state index in [0.717, 1.165) is 30.2 Å². The zero-order valence-corrected chi connectivity index (χ0v) is 14.0. The van der Waals surface area contributed by atoms with Crippen LogP contribution in [0.1, 0.15) is 42.7 Å². The Hall–Kier alpha value is -2.60. The number of nitrogens with one attached hydrogen (secondary N) is 2. The van der Waals surface area contributed by atoms with Crippen molar-refractivity contribution in [2.75, 3.05) is 0 Å². The van der Waals surface area contributed by atoms with E-state index in [4.69, 9.17) is 4.42 Å². The van der Waals surface area contributed by atoms with Crippen molar-refractivity contribution >= 4 is 34.1 Å². The Labute approximate surface area is 142 Å². The zero-order valence-electron chi connectivity index (χ0n) is 13.1. The van der Waals surface area contributed by atoms with E-state index in [9.17, 15) is 9.59 Å². The van der Waals surface area contributed by atoms with E-state index in [1.54, 1.807) is 0 Å². The lowest BCUT2D eigenvalue weighted by Gasteiger charge is -2.05. The third kappa shape index (κ3) is 2.49. The first-order valence-electron chi connectivity index (χ1n) is 7.84. The minimum Gasteiger partial charge on any atom is -0.451 e. The van der Waals surface area contributed by atoms with Crippen LogP contribution in [0.4, 0.5) is 0 Å². The fourth-order valence-corrected chi connectivity index (χ4v) is 4.21. The van der Waals surface area contributed by atoms with Gasteiger partial charge in [0.1, 0.15) is 5.58 Å². The lowest BCUT2D eigenvalue weighted by atomic mass is 10.1. The van der Waals surface area contributed by atoms with Crippen LogP contribution in [-0.4, -0.2) is 11.8 Å². The van der Waals surface area contributed by atoms with Crippen LogP contribution in [0.15, 0.2) is 34.7 Å². The number of hydrogen-bond acceptors (Lipinski definition) is 4. The average Bonchev–Trinajstić information content (AvgIpc) is 3.26. The van der Waals surface area contributed by atoms with Gasteiger partial charge in [0.25, 0.3) is 5.91 Å². The first kappa shape index (κ1) is 15.0. The number of para-hydroxylation sites is 1. The van der Waals surface area contributed by atoms with Crippen molar-refractivity contribution in [1.29, 1.82) is 0 Å². The molecule has 122 valence electrons. The van der Waals surface area contributed by atoms with E-state index < -0.39 is 5.91 Å². The predicted octanol–water partition coefficient (Wildman–Crippen LogP) is 3.37. The first-order valence-corrected chi connectivity index (χ1v) is 8.65. The van der Waals surface area contributed by atoms with E-state index in [-0.39, 0.29) is 11.7 Å². The van der Waals surface area contributed by atoms with Gasteiger partial charge in [-0.15, -0.1) is 11.3 Å². The molecule has 3 aromatic rings. The van der Waals surface area contributed by atoms with Crippen LogP contribution < -0.4 is 10.9 Å². The second-order valence-corrected chi connectivity index (χ2v) is 7.01. The van der Waals surface area contributed by atoms with Crippen LogP contribution in [0.5, 0.6) is 0 Å². The minimum atomic E-state index is -0.457. The summed E-state index contributed by atoms with van der Waals surface area (Å²) in [6.07, 6.45) is 3.23. The smallest absolute Gasteiger partial charge is 0.305 e. The summed E-state index contributed by atoms with van der Waals surface area (Å²) in [6.45, 7) is 1.83. The zero-order chi connectivity index (χ0) is 16.7. The standard InChI is InChI=1S/C18H16N2O3S/c1-10-12-6-2-3-7-13(12)23-16(10)18(22)20-19-17(21)15-9-11-5-4-8-14(11)24-15/h2-3,6-7,9H,4-5,8H2,1H3,(H,19,21)(H,20,22). The molecule has 2 N–H and O–H groups in total. The predicted molar refractivity (Wildman–Crippen MR) is 92.2 cm³/mol. The van der Waals surface area contributed by atoms with Crippen LogP contribution in [-0.2, 0) is 12.8 Å². The van der Waals surface area contributed by atoms with Gasteiger partial charge in [-0.2, -0.15) is 0 Å². The van der Waals surface area contributed by atoms with Gasteiger partial charge in [0.15, 0.2) is 5.76 Å². The molecule has 6 heteroatoms. The molecule has 1 aliphatic rings. The van der Waals surface area contributed by atoms with E-state index in [1.807, 2.05) is 37.3 Å². The van der Waals surface area contributed by atoms with Crippen LogP contribution >= 0.6 is 11.3 Å². The molecule has 1 aromatic carbocycles. The molecule has 0 saturated heterocycles. The molecule has 0 unspecified atom stereocenters. The molecule has 4 rings (SSSR count). The molecule has 0 saturated carbocycles. The molecule has 0 atom stereocenters. The third-order valence-corrected chi connectivity index (χ3v) is 5.55. The van der Waals surface area contributed by atoms with Crippen molar-refractivity contribution in [2.45, 2.75) is 26.2 Å². The number of hydrazine groups is 1. The fraction of sp³-hybridized carbons (Fsp3) is 0.222. The molecule has 0 fully saturated rings. The second kappa shape index (κ2) is 5.79. The number of furan rings is 1. The van der Waals surface area contributed by atoms with Gasteiger partial charge in [-0.1, -0.05) is 18.2 Å². The highest BCUT2D eigenvalue weighted by molar-refractivity contribution is 7.14. The highest BCUT2D eigenvalue weighted by atomic mass is 32.1. The van der Waals surface area contributed by atoms with Crippen molar-refractivity contribution in [3.05, 3.63) is 57.0 Å². The maximum Gasteiger partial charge on any atom is 0.305 e. The Morgan fingerprint density at radius 3 is 2.71 bits per heavy atom. The molecule has 0 spiro atoms. The third-order valence-electron chi connectivity index (χ3n) is 4.31. The van der Waals surface area contributed by atoms with E-state index in [1.165, 1.54) is 21.8 Å². The van der Waals surface area contributed by atoms with Crippen molar-refractivity contribution < 1.29 is 14.0 Å². The quantitative estimate of drug-likeness (QED) is 0.703. The molecule has 0 aliphatic heterocycles. The molecule has 2 amide bonds. The fourth-order valence-electron chi connectivity index (χ4n) is 3.06. The lowest BCUT2D eigenvalue weighted by molar-refractivity contribution is 0.0833. The van der Waals surface area contributed by atoms with Gasteiger partial charge in [-0.25, -0.2) is 0 Å². The second-order valence-electron chi connectivity index (χ2n) is 5.87. The lowest BCUT2D eigenvalue weighted by Crippen LogP contribution is -2.41. The number of rotatable bonds is 2. The summed E-state index contributed by atoms with van der Waals surface area (Å²) in [7, 11) is 0. The molecular weight excluding hydrogens is 324 g/mol. The summed E-state index contributed by atoms with van der Waals surface area (Å²) in [5.74, 6) is -0.539. The number of amides is 2. The van der Waals surface area contributed by atoms with Crippen LogP contribution in [0.2, 0.25) is 0 Å². The number of carbonyl (C=O) groups is 2. The summed E-state index contributed by atoms with van der Waals surface area (Å²) >= 11 is 1.50. The van der Waals surface area contributed by atoms with Gasteiger partial charge >= 0.3 is 5.91 Å². The van der Waals surface area contributed by atoms with Crippen molar-refractivity contribution in [2.24, 2.45) is 0 Å². The van der Waals surface area contributed by atoms with Crippen LogP contribution in [0.3, 0.4) is 0 Å². The number of fused-ring (bicyclic) bond motifs is 2. The largest absolute Gasteiger partial charge is 0.451 e. The van der Waals surface area contributed by atoms with Gasteiger partial charge in [0.2, 0.25) is 0 Å². The Morgan fingerprint density at radius 2 is 1.92 bits per heavy atom. The molecule has 2 aromatic heterocycles. The molecule has 0 radical (unpaired) electrons. The minimum absolute atomic E-state index is 0.213. The summed E-state index contributed by atoms with van der Waals surface area (Å²) in [4.78, 5) is 26.4. The van der Waals surface area contributed by atoms with Crippen LogP contribution in [0.25, 0.3) is 11.0 Å². The topological polar surface area (TPSA) is 71.3 Å². The van der Waals surface area contributed by atoms with Crippen molar-refractivity contribution in [3.63, 3.8) is 0 Å². The highest BCUT2D eigenvalue weighted by Crippen LogP contribution is 2.30. The number of hydrogen-bond donors (Lipinski definition) is 2. The number of benzene rings is 1. The van der Waals surface area contributed by atoms with Gasteiger partial charge in [-0.05, 0) is 43.9 Å². The first-order chi connectivity index (χ1) is 11.6. The Bertz CT molecular complexity index is 933. The van der Waals surface area contributed by atoms with E-state index >= 15 is 0 Å². The number of carbonyl (C=O) groups excluding carboxylic acids is 2. The maximum absolute atomic E-state index is 12.3. The molecule has 24 heavy (non-hydrogen) atoms. The summed E-state index contributed by atoms with van der Waals surface area (Å²) in [5, 5.41) is 0.892. The maximum atomic E-state index is 12.3. The van der Waals surface area contributed by atoms with Gasteiger partial charge in [0.05, 0.1) is 4.88 Å². The molecular formula is C18H16N2O3S. The Morgan fingerprint density at radius 1 is 1.12 bits per heavy atom. The summed E-state index contributed by atoms with van der Waals surface area (Å²) < 4.78 is 5.59. The Kier molecular flexibility index (Phi) is 3.61. The summed E-state index contributed by atoms with van der Waals surface area (Å²) in [6, 6.07) is 9.37. The van der Waals surface area contributed by atoms with Crippen molar-refractivity contribution in [3.8, 4) is 0 Å². The number of aryl methyl sites for hydroxylation is 3. The van der Waals surface area contributed by atoms with Gasteiger partial charge < -0.3 is 4.42 Å². The molecule has 5 nitrogen and oxygen atoms in total. The summed E-state index contributed by atoms with van der Waals surface area (Å²) in [5.41, 5.74) is 7.57. The average molecular weight is 340 g/mol. The molecule has 0 bridgehead atoms. The van der Waals surface area contributed by atoms with E-state index in [0.29, 0.717) is 10.5 Å². The SMILES string of the molecule is Cc1c(C(=O)NNC(=O)c2cc3c(s2)CCC3)oc2ccccc12. The monoisotopic (exact) mass is 340 g/mol. The highest BCUT2D eigenvalue weighted by Gasteiger charge is 2.21. The van der Waals surface area contributed by atoms with Crippen LogP contribution in [0, 0.1) is 6.92 Å². The van der Waals surface area contributed by atoms with E-state index in [2.05, 4.69) is 10.9 Å². The molecule has 1 aliphatic carbocycles. The van der Waals surface area contributed by atoms with Crippen molar-refractivity contribution in [1.82, 2.24) is 10.9 Å². The number of thiophene rings is 1. The normalized spacial score (nSPS) is 13.0. The Balaban J connectivity index is 1.47. The molecule has 2 heterocycles. The van der Waals surface area contributed by atoms with Gasteiger partial charge in [0, 0.05) is 15.8 Å². The van der Waals surface area contributed by atoms with Gasteiger partial charge in [-0.3, -0.25) is 20.4 Å².